The molecule has 1 unspecified atom stereocenters. The van der Waals surface area contributed by atoms with Gasteiger partial charge in [-0.2, -0.15) is 0 Å². The summed E-state index contributed by atoms with van der Waals surface area (Å²) in [5.74, 6) is 1.42. The van der Waals surface area contributed by atoms with Gasteiger partial charge in [-0.15, -0.1) is 0 Å². The standard InChI is InChI=1S/C15H21N3/c1-10-4-6-13(7-5-10)14-12(3)17-15(18-14)11(2)8-9-16/h4-7,11H,8-9,16H2,1-3H3,(H,17,18). The Morgan fingerprint density at radius 3 is 2.50 bits per heavy atom. The topological polar surface area (TPSA) is 54.7 Å². The number of hydrogen-bond acceptors (Lipinski definition) is 2. The van der Waals surface area contributed by atoms with Crippen molar-refractivity contribution < 1.29 is 0 Å². The number of nitrogens with one attached hydrogen (secondary N) is 1. The van der Waals surface area contributed by atoms with Crippen LogP contribution in [0.1, 0.15) is 36.3 Å². The Morgan fingerprint density at radius 2 is 1.89 bits per heavy atom. The van der Waals surface area contributed by atoms with Crippen molar-refractivity contribution in [2.75, 3.05) is 6.54 Å². The van der Waals surface area contributed by atoms with E-state index in [1.807, 2.05) is 0 Å². The third-order valence-corrected chi connectivity index (χ3v) is 3.29. The Balaban J connectivity index is 2.31. The average molecular weight is 243 g/mol. The largest absolute Gasteiger partial charge is 0.345 e. The predicted octanol–water partition coefficient (Wildman–Crippen LogP) is 3.15. The maximum Gasteiger partial charge on any atom is 0.109 e. The minimum absolute atomic E-state index is 0.382. The maximum atomic E-state index is 5.60. The number of aromatic nitrogens is 2. The summed E-state index contributed by atoms with van der Waals surface area (Å²) in [6.07, 6.45) is 0.959. The normalized spacial score (nSPS) is 12.7. The summed E-state index contributed by atoms with van der Waals surface area (Å²) in [5.41, 5.74) is 10.2. The van der Waals surface area contributed by atoms with Crippen LogP contribution in [-0.4, -0.2) is 16.5 Å². The van der Waals surface area contributed by atoms with Crippen molar-refractivity contribution in [1.29, 1.82) is 0 Å². The van der Waals surface area contributed by atoms with Gasteiger partial charge in [0.05, 0.1) is 5.69 Å². The molecule has 2 rings (SSSR count). The van der Waals surface area contributed by atoms with Gasteiger partial charge in [0.2, 0.25) is 0 Å². The molecule has 1 aromatic heterocycles. The van der Waals surface area contributed by atoms with Crippen molar-refractivity contribution >= 4 is 0 Å². The van der Waals surface area contributed by atoms with E-state index in [4.69, 9.17) is 10.7 Å². The van der Waals surface area contributed by atoms with E-state index in [0.717, 1.165) is 23.6 Å². The molecule has 3 nitrogen and oxygen atoms in total. The van der Waals surface area contributed by atoms with Crippen molar-refractivity contribution in [2.45, 2.75) is 33.1 Å². The molecule has 3 N–H and O–H groups in total. The minimum atomic E-state index is 0.382. The Morgan fingerprint density at radius 1 is 1.22 bits per heavy atom. The molecule has 96 valence electrons. The van der Waals surface area contributed by atoms with E-state index in [1.165, 1.54) is 11.1 Å². The molecular formula is C15H21N3. The molecule has 0 amide bonds. The van der Waals surface area contributed by atoms with E-state index in [-0.39, 0.29) is 0 Å². The molecule has 0 bridgehead atoms. The van der Waals surface area contributed by atoms with E-state index in [9.17, 15) is 0 Å². The zero-order valence-electron chi connectivity index (χ0n) is 11.3. The Bertz CT molecular complexity index is 511. The molecule has 0 fully saturated rings. The highest BCUT2D eigenvalue weighted by Gasteiger charge is 2.13. The summed E-state index contributed by atoms with van der Waals surface area (Å²) in [6.45, 7) is 7.02. The maximum absolute atomic E-state index is 5.60. The number of imidazole rings is 1. The van der Waals surface area contributed by atoms with Gasteiger partial charge in [-0.25, -0.2) is 4.98 Å². The van der Waals surface area contributed by atoms with E-state index in [2.05, 4.69) is 50.0 Å². The Hall–Kier alpha value is -1.61. The molecule has 1 atom stereocenters. The van der Waals surface area contributed by atoms with Crippen molar-refractivity contribution in [3.8, 4) is 11.3 Å². The van der Waals surface area contributed by atoms with Crippen LogP contribution in [0.5, 0.6) is 0 Å². The van der Waals surface area contributed by atoms with Crippen LogP contribution in [0.2, 0.25) is 0 Å². The molecule has 0 spiro atoms. The smallest absolute Gasteiger partial charge is 0.109 e. The predicted molar refractivity (Wildman–Crippen MR) is 75.6 cm³/mol. The highest BCUT2D eigenvalue weighted by atomic mass is 14.9. The van der Waals surface area contributed by atoms with Gasteiger partial charge in [-0.05, 0) is 26.8 Å². The molecule has 1 heterocycles. The van der Waals surface area contributed by atoms with Crippen molar-refractivity contribution in [3.63, 3.8) is 0 Å². The van der Waals surface area contributed by atoms with Gasteiger partial charge in [0.15, 0.2) is 0 Å². The molecule has 1 aromatic carbocycles. The molecule has 0 aliphatic rings. The zero-order valence-corrected chi connectivity index (χ0v) is 11.3. The summed E-state index contributed by atoms with van der Waals surface area (Å²) in [6, 6.07) is 8.48. The van der Waals surface area contributed by atoms with Crippen LogP contribution in [0.15, 0.2) is 24.3 Å². The first kappa shape index (κ1) is 12.8. The molecule has 2 aromatic rings. The first-order valence-corrected chi connectivity index (χ1v) is 6.45. The van der Waals surface area contributed by atoms with Crippen molar-refractivity contribution in [1.82, 2.24) is 9.97 Å². The SMILES string of the molecule is Cc1ccc(-c2nc(C(C)CCN)[nH]c2C)cc1. The lowest BCUT2D eigenvalue weighted by Gasteiger charge is -2.05. The number of benzene rings is 1. The number of rotatable bonds is 4. The summed E-state index contributed by atoms with van der Waals surface area (Å²) in [5, 5.41) is 0. The fourth-order valence-electron chi connectivity index (χ4n) is 2.10. The second kappa shape index (κ2) is 5.36. The lowest BCUT2D eigenvalue weighted by molar-refractivity contribution is 0.654. The summed E-state index contributed by atoms with van der Waals surface area (Å²) < 4.78 is 0. The van der Waals surface area contributed by atoms with Crippen LogP contribution in [0, 0.1) is 13.8 Å². The highest BCUT2D eigenvalue weighted by Crippen LogP contribution is 2.25. The van der Waals surface area contributed by atoms with E-state index >= 15 is 0 Å². The van der Waals surface area contributed by atoms with Crippen LogP contribution >= 0.6 is 0 Å². The van der Waals surface area contributed by atoms with Gasteiger partial charge in [0, 0.05) is 17.2 Å². The average Bonchev–Trinajstić information content (AvgIpc) is 2.73. The Kier molecular flexibility index (Phi) is 3.82. The number of nitrogens with two attached hydrogens (primary N) is 1. The molecule has 0 aliphatic heterocycles. The number of aromatic amines is 1. The molecule has 0 radical (unpaired) electrons. The first-order valence-electron chi connectivity index (χ1n) is 6.45. The third-order valence-electron chi connectivity index (χ3n) is 3.29. The first-order chi connectivity index (χ1) is 8.61. The molecule has 0 saturated carbocycles. The van der Waals surface area contributed by atoms with Crippen LogP contribution < -0.4 is 5.73 Å². The summed E-state index contributed by atoms with van der Waals surface area (Å²) >= 11 is 0. The monoisotopic (exact) mass is 243 g/mol. The molecule has 0 saturated heterocycles. The van der Waals surface area contributed by atoms with Gasteiger partial charge in [-0.1, -0.05) is 36.8 Å². The fraction of sp³-hybridized carbons (Fsp3) is 0.400. The van der Waals surface area contributed by atoms with Gasteiger partial charge >= 0.3 is 0 Å². The van der Waals surface area contributed by atoms with Crippen LogP contribution in [0.3, 0.4) is 0 Å². The van der Waals surface area contributed by atoms with Crippen LogP contribution in [0.4, 0.5) is 0 Å². The Labute approximate surface area is 108 Å². The van der Waals surface area contributed by atoms with Gasteiger partial charge in [0.1, 0.15) is 5.82 Å². The van der Waals surface area contributed by atoms with Gasteiger partial charge in [-0.3, -0.25) is 0 Å². The van der Waals surface area contributed by atoms with E-state index in [1.54, 1.807) is 0 Å². The van der Waals surface area contributed by atoms with Gasteiger partial charge in [0.25, 0.3) is 0 Å². The number of aryl methyl sites for hydroxylation is 2. The number of hydrogen-bond donors (Lipinski definition) is 2. The molecule has 3 heteroatoms. The van der Waals surface area contributed by atoms with Gasteiger partial charge < -0.3 is 10.7 Å². The second-order valence-corrected chi connectivity index (χ2v) is 4.94. The molecular weight excluding hydrogens is 222 g/mol. The second-order valence-electron chi connectivity index (χ2n) is 4.94. The van der Waals surface area contributed by atoms with E-state index in [0.29, 0.717) is 12.5 Å². The fourth-order valence-corrected chi connectivity index (χ4v) is 2.10. The van der Waals surface area contributed by atoms with E-state index < -0.39 is 0 Å². The quantitative estimate of drug-likeness (QED) is 0.866. The molecule has 18 heavy (non-hydrogen) atoms. The van der Waals surface area contributed by atoms with Crippen molar-refractivity contribution in [2.24, 2.45) is 5.73 Å². The lowest BCUT2D eigenvalue weighted by Crippen LogP contribution is -2.05. The third kappa shape index (κ3) is 2.62. The minimum Gasteiger partial charge on any atom is -0.345 e. The van der Waals surface area contributed by atoms with Crippen LogP contribution in [-0.2, 0) is 0 Å². The molecule has 0 aliphatic carbocycles. The summed E-state index contributed by atoms with van der Waals surface area (Å²) in [4.78, 5) is 8.09. The van der Waals surface area contributed by atoms with Crippen molar-refractivity contribution in [3.05, 3.63) is 41.3 Å². The number of nitrogens with zero attached hydrogens (tertiary/aromatic N) is 1. The lowest BCUT2D eigenvalue weighted by atomic mass is 10.1. The summed E-state index contributed by atoms with van der Waals surface area (Å²) in [7, 11) is 0. The van der Waals surface area contributed by atoms with Crippen LogP contribution in [0.25, 0.3) is 11.3 Å². The highest BCUT2D eigenvalue weighted by molar-refractivity contribution is 5.62. The zero-order chi connectivity index (χ0) is 13.1. The number of H-pyrrole nitrogens is 1.